The van der Waals surface area contributed by atoms with Gasteiger partial charge in [0.15, 0.2) is 17.6 Å². The zero-order valence-corrected chi connectivity index (χ0v) is 8.88. The van der Waals surface area contributed by atoms with E-state index < -0.39 is 12.4 Å². The Bertz CT molecular complexity index is 595. The Balaban J connectivity index is 2.12. The van der Waals surface area contributed by atoms with Crippen molar-refractivity contribution in [1.29, 1.82) is 0 Å². The highest BCUT2D eigenvalue weighted by Gasteiger charge is 2.34. The van der Waals surface area contributed by atoms with Crippen molar-refractivity contribution in [2.45, 2.75) is 18.8 Å². The van der Waals surface area contributed by atoms with Gasteiger partial charge in [-0.15, -0.1) is 0 Å². The van der Waals surface area contributed by atoms with Gasteiger partial charge in [0.2, 0.25) is 6.23 Å². The molecule has 0 radical (unpaired) electrons. The Morgan fingerprint density at radius 3 is 3.00 bits per heavy atom. The molecule has 3 rings (SSSR count). The number of hydrogen-bond acceptors (Lipinski definition) is 5. The molecule has 0 amide bonds. The quantitative estimate of drug-likeness (QED) is 0.802. The zero-order chi connectivity index (χ0) is 12.0. The van der Waals surface area contributed by atoms with Crippen molar-refractivity contribution in [3.8, 4) is 0 Å². The van der Waals surface area contributed by atoms with Crippen molar-refractivity contribution >= 4 is 17.0 Å². The first-order valence-corrected chi connectivity index (χ1v) is 5.08. The zero-order valence-electron chi connectivity index (χ0n) is 8.88. The fourth-order valence-electron chi connectivity index (χ4n) is 1.90. The standard InChI is InChI=1S/C10H10FN5O/c1-5-2-6(11)10(17-5)16-4-15-7-8(12)13-3-14-9(7)16/h3-4,6,10H,1-2H2,(H2,12,13,14)/t6-,10-/m1/s1. The molecule has 2 aromatic heterocycles. The maximum Gasteiger partial charge on any atom is 0.209 e. The highest BCUT2D eigenvalue weighted by molar-refractivity contribution is 5.81. The second kappa shape index (κ2) is 3.41. The van der Waals surface area contributed by atoms with Crippen LogP contribution >= 0.6 is 0 Å². The Labute approximate surface area is 95.9 Å². The molecule has 0 aliphatic carbocycles. The van der Waals surface area contributed by atoms with Crippen molar-refractivity contribution < 1.29 is 9.13 Å². The molecule has 0 saturated carbocycles. The summed E-state index contributed by atoms with van der Waals surface area (Å²) in [5, 5.41) is 0. The minimum absolute atomic E-state index is 0.185. The molecule has 7 heteroatoms. The van der Waals surface area contributed by atoms with E-state index in [1.165, 1.54) is 17.2 Å². The van der Waals surface area contributed by atoms with Crippen LogP contribution in [-0.4, -0.2) is 25.7 Å². The minimum atomic E-state index is -1.16. The second-order valence-electron chi connectivity index (χ2n) is 3.85. The number of ether oxygens (including phenoxy) is 1. The van der Waals surface area contributed by atoms with Crippen LogP contribution in [0.1, 0.15) is 12.6 Å². The monoisotopic (exact) mass is 235 g/mol. The molecule has 2 atom stereocenters. The molecular weight excluding hydrogens is 225 g/mol. The fraction of sp³-hybridized carbons (Fsp3) is 0.300. The number of fused-ring (bicyclic) bond motifs is 1. The molecule has 0 unspecified atom stereocenters. The number of anilines is 1. The average Bonchev–Trinajstić information content (AvgIpc) is 2.83. The third kappa shape index (κ3) is 1.42. The summed E-state index contributed by atoms with van der Waals surface area (Å²) in [6.07, 6.45) is 1.02. The molecule has 2 N–H and O–H groups in total. The number of alkyl halides is 1. The summed E-state index contributed by atoms with van der Waals surface area (Å²) in [4.78, 5) is 11.9. The van der Waals surface area contributed by atoms with Gasteiger partial charge in [-0.2, -0.15) is 0 Å². The van der Waals surface area contributed by atoms with Gasteiger partial charge >= 0.3 is 0 Å². The van der Waals surface area contributed by atoms with E-state index in [4.69, 9.17) is 10.5 Å². The molecule has 17 heavy (non-hydrogen) atoms. The van der Waals surface area contributed by atoms with Crippen molar-refractivity contribution in [2.75, 3.05) is 5.73 Å². The average molecular weight is 235 g/mol. The second-order valence-corrected chi connectivity index (χ2v) is 3.85. The fourth-order valence-corrected chi connectivity index (χ4v) is 1.90. The molecule has 1 saturated heterocycles. The molecular formula is C10H10FN5O. The third-order valence-corrected chi connectivity index (χ3v) is 2.68. The molecule has 1 aliphatic rings. The lowest BCUT2D eigenvalue weighted by Crippen LogP contribution is -2.15. The predicted molar refractivity (Wildman–Crippen MR) is 58.5 cm³/mol. The van der Waals surface area contributed by atoms with E-state index in [0.717, 1.165) is 0 Å². The van der Waals surface area contributed by atoms with Gasteiger partial charge < -0.3 is 10.5 Å². The molecule has 1 aliphatic heterocycles. The van der Waals surface area contributed by atoms with Gasteiger partial charge in [0, 0.05) is 6.42 Å². The van der Waals surface area contributed by atoms with Crippen molar-refractivity contribution in [1.82, 2.24) is 19.5 Å². The van der Waals surface area contributed by atoms with Crippen molar-refractivity contribution in [3.05, 3.63) is 25.0 Å². The highest BCUT2D eigenvalue weighted by Crippen LogP contribution is 2.34. The third-order valence-electron chi connectivity index (χ3n) is 2.68. The molecule has 88 valence electrons. The smallest absolute Gasteiger partial charge is 0.209 e. The topological polar surface area (TPSA) is 78.9 Å². The van der Waals surface area contributed by atoms with Gasteiger partial charge in [-0.3, -0.25) is 4.57 Å². The number of hydrogen-bond donors (Lipinski definition) is 1. The lowest BCUT2D eigenvalue weighted by molar-refractivity contribution is 0.0521. The van der Waals surface area contributed by atoms with Gasteiger partial charge in [-0.1, -0.05) is 6.58 Å². The van der Waals surface area contributed by atoms with Crippen LogP contribution in [0, 0.1) is 0 Å². The first-order chi connectivity index (χ1) is 8.16. The first-order valence-electron chi connectivity index (χ1n) is 5.08. The number of rotatable bonds is 1. The van der Waals surface area contributed by atoms with Crippen LogP contribution in [0.4, 0.5) is 10.2 Å². The number of allylic oxidation sites excluding steroid dienone is 1. The van der Waals surface area contributed by atoms with Gasteiger partial charge in [-0.05, 0) is 0 Å². The van der Waals surface area contributed by atoms with Crippen LogP contribution in [0.5, 0.6) is 0 Å². The van der Waals surface area contributed by atoms with E-state index >= 15 is 0 Å². The summed E-state index contributed by atoms with van der Waals surface area (Å²) in [5.74, 6) is 0.687. The lowest BCUT2D eigenvalue weighted by atomic mass is 10.3. The lowest BCUT2D eigenvalue weighted by Gasteiger charge is -2.14. The van der Waals surface area contributed by atoms with E-state index in [1.54, 1.807) is 0 Å². The molecule has 6 nitrogen and oxygen atoms in total. The molecule has 0 aromatic carbocycles. The number of nitrogens with zero attached hydrogens (tertiary/aromatic N) is 4. The van der Waals surface area contributed by atoms with E-state index in [0.29, 0.717) is 16.9 Å². The van der Waals surface area contributed by atoms with Gasteiger partial charge in [0.1, 0.15) is 18.2 Å². The molecule has 2 aromatic rings. The summed E-state index contributed by atoms with van der Waals surface area (Å²) >= 11 is 0. The maximum atomic E-state index is 13.7. The normalized spacial score (nSPS) is 24.2. The van der Waals surface area contributed by atoms with Gasteiger partial charge in [-0.25, -0.2) is 19.3 Å². The van der Waals surface area contributed by atoms with Gasteiger partial charge in [0.05, 0.1) is 5.76 Å². The Morgan fingerprint density at radius 2 is 2.29 bits per heavy atom. The molecule has 0 bridgehead atoms. The van der Waals surface area contributed by atoms with E-state index in [1.807, 2.05) is 0 Å². The summed E-state index contributed by atoms with van der Waals surface area (Å²) in [7, 11) is 0. The summed E-state index contributed by atoms with van der Waals surface area (Å²) in [6.45, 7) is 3.61. The Morgan fingerprint density at radius 1 is 1.47 bits per heavy atom. The van der Waals surface area contributed by atoms with Crippen LogP contribution < -0.4 is 5.73 Å². The number of aromatic nitrogens is 4. The summed E-state index contributed by atoms with van der Waals surface area (Å²) in [5.41, 5.74) is 6.55. The van der Waals surface area contributed by atoms with E-state index in [2.05, 4.69) is 21.5 Å². The first kappa shape index (κ1) is 10.0. The Hall–Kier alpha value is -2.18. The summed E-state index contributed by atoms with van der Waals surface area (Å²) in [6, 6.07) is 0. The van der Waals surface area contributed by atoms with Crippen molar-refractivity contribution in [2.24, 2.45) is 0 Å². The minimum Gasteiger partial charge on any atom is -0.472 e. The van der Waals surface area contributed by atoms with Gasteiger partial charge in [0.25, 0.3) is 0 Å². The molecule has 0 spiro atoms. The summed E-state index contributed by atoms with van der Waals surface area (Å²) < 4.78 is 20.5. The Kier molecular flexibility index (Phi) is 2.01. The molecule has 3 heterocycles. The number of imidazole rings is 1. The van der Waals surface area contributed by atoms with Crippen LogP contribution in [0.2, 0.25) is 0 Å². The van der Waals surface area contributed by atoms with E-state index in [-0.39, 0.29) is 12.2 Å². The SMILES string of the molecule is C=C1C[C@@H](F)[C@H](n2cnc3c(N)ncnc32)O1. The van der Waals surface area contributed by atoms with Crippen LogP contribution in [-0.2, 0) is 4.74 Å². The number of halogens is 1. The van der Waals surface area contributed by atoms with E-state index in [9.17, 15) is 4.39 Å². The highest BCUT2D eigenvalue weighted by atomic mass is 19.1. The largest absolute Gasteiger partial charge is 0.472 e. The molecule has 1 fully saturated rings. The number of nitrogens with two attached hydrogens (primary N) is 1. The predicted octanol–water partition coefficient (Wildman–Crippen LogP) is 1.18. The number of nitrogen functional groups attached to an aromatic ring is 1. The van der Waals surface area contributed by atoms with Crippen LogP contribution in [0.15, 0.2) is 25.0 Å². The maximum absolute atomic E-state index is 13.7. The van der Waals surface area contributed by atoms with Crippen molar-refractivity contribution in [3.63, 3.8) is 0 Å². The van der Waals surface area contributed by atoms with Crippen LogP contribution in [0.25, 0.3) is 11.2 Å². The van der Waals surface area contributed by atoms with Crippen LogP contribution in [0.3, 0.4) is 0 Å².